The van der Waals surface area contributed by atoms with Crippen molar-refractivity contribution in [3.05, 3.63) is 54.7 Å². The van der Waals surface area contributed by atoms with Gasteiger partial charge in [-0.2, -0.15) is 0 Å². The fraction of sp³-hybridized carbons (Fsp3) is 0.188. The Balaban J connectivity index is 0.00000176. The second-order valence-electron chi connectivity index (χ2n) is 4.85. The normalized spacial score (nSPS) is 10.5. The molecule has 0 unspecified atom stereocenters. The minimum Gasteiger partial charge on any atom is -0.508 e. The van der Waals surface area contributed by atoms with Crippen molar-refractivity contribution in [2.45, 2.75) is 13.3 Å². The molecular weight excluding hydrogens is 305 g/mol. The standard InChI is InChI=1S/C16H16FN3O.ClH/c1-2-8-19(16-5-7-18-11-14(16)17)20-9-6-12-10-13(21)3-4-15(12)20;/h3-7,9-11,21H,2,8H2,1H3;1H. The van der Waals surface area contributed by atoms with E-state index in [4.69, 9.17) is 0 Å². The highest BCUT2D eigenvalue weighted by molar-refractivity contribution is 5.85. The van der Waals surface area contributed by atoms with Gasteiger partial charge in [-0.25, -0.2) is 4.39 Å². The fourth-order valence-corrected chi connectivity index (χ4v) is 2.46. The summed E-state index contributed by atoms with van der Waals surface area (Å²) >= 11 is 0. The van der Waals surface area contributed by atoms with E-state index in [1.807, 2.05) is 34.9 Å². The molecule has 22 heavy (non-hydrogen) atoms. The Morgan fingerprint density at radius 2 is 2.09 bits per heavy atom. The van der Waals surface area contributed by atoms with Gasteiger partial charge in [-0.3, -0.25) is 14.7 Å². The number of hydrogen-bond acceptors (Lipinski definition) is 3. The van der Waals surface area contributed by atoms with Crippen LogP contribution in [0.3, 0.4) is 0 Å². The predicted octanol–water partition coefficient (Wildman–Crippen LogP) is 3.98. The van der Waals surface area contributed by atoms with Crippen LogP contribution in [-0.4, -0.2) is 21.3 Å². The summed E-state index contributed by atoms with van der Waals surface area (Å²) in [6, 6.07) is 8.71. The molecule has 3 aromatic rings. The fourth-order valence-electron chi connectivity index (χ4n) is 2.46. The Bertz CT molecular complexity index is 775. The average Bonchev–Trinajstić information content (AvgIpc) is 2.88. The molecule has 4 nitrogen and oxygen atoms in total. The van der Waals surface area contributed by atoms with Crippen LogP contribution in [0.2, 0.25) is 0 Å². The molecule has 2 heterocycles. The molecule has 0 atom stereocenters. The third kappa shape index (κ3) is 2.85. The zero-order valence-electron chi connectivity index (χ0n) is 12.1. The van der Waals surface area contributed by atoms with Crippen molar-refractivity contribution in [3.8, 4) is 5.75 Å². The summed E-state index contributed by atoms with van der Waals surface area (Å²) in [4.78, 5) is 3.80. The van der Waals surface area contributed by atoms with Gasteiger partial charge in [0.15, 0.2) is 5.82 Å². The van der Waals surface area contributed by atoms with Crippen molar-refractivity contribution in [1.82, 2.24) is 9.66 Å². The van der Waals surface area contributed by atoms with Crippen molar-refractivity contribution in [1.29, 1.82) is 0 Å². The summed E-state index contributed by atoms with van der Waals surface area (Å²) in [5.74, 6) is -0.135. The van der Waals surface area contributed by atoms with Crippen LogP contribution in [0, 0.1) is 5.82 Å². The topological polar surface area (TPSA) is 41.3 Å². The van der Waals surface area contributed by atoms with Crippen molar-refractivity contribution in [2.24, 2.45) is 0 Å². The predicted molar refractivity (Wildman–Crippen MR) is 88.1 cm³/mol. The number of aromatic nitrogens is 2. The lowest BCUT2D eigenvalue weighted by Gasteiger charge is -2.26. The first-order valence-corrected chi connectivity index (χ1v) is 6.88. The van der Waals surface area contributed by atoms with E-state index in [1.54, 1.807) is 24.4 Å². The van der Waals surface area contributed by atoms with Crippen LogP contribution in [0.5, 0.6) is 5.75 Å². The van der Waals surface area contributed by atoms with Gasteiger partial charge in [0.05, 0.1) is 17.4 Å². The molecule has 2 aromatic heterocycles. The molecule has 0 spiro atoms. The zero-order chi connectivity index (χ0) is 14.8. The van der Waals surface area contributed by atoms with E-state index in [0.717, 1.165) is 17.3 Å². The lowest BCUT2D eigenvalue weighted by molar-refractivity contribution is 0.476. The van der Waals surface area contributed by atoms with E-state index in [0.29, 0.717) is 12.2 Å². The number of halogens is 2. The molecule has 0 aliphatic carbocycles. The third-order valence-corrected chi connectivity index (χ3v) is 3.38. The van der Waals surface area contributed by atoms with Crippen LogP contribution in [0.15, 0.2) is 48.9 Å². The molecule has 0 radical (unpaired) electrons. The zero-order valence-corrected chi connectivity index (χ0v) is 12.9. The summed E-state index contributed by atoms with van der Waals surface area (Å²) in [5.41, 5.74) is 1.40. The smallest absolute Gasteiger partial charge is 0.166 e. The Morgan fingerprint density at radius 1 is 1.27 bits per heavy atom. The number of anilines is 1. The molecule has 0 saturated heterocycles. The summed E-state index contributed by atoms with van der Waals surface area (Å²) in [5, 5.41) is 12.3. The van der Waals surface area contributed by atoms with Crippen LogP contribution >= 0.6 is 12.4 Å². The maximum atomic E-state index is 14.1. The molecular formula is C16H17ClFN3O. The Kier molecular flexibility index (Phi) is 4.88. The van der Waals surface area contributed by atoms with Crippen LogP contribution in [0.25, 0.3) is 10.9 Å². The monoisotopic (exact) mass is 321 g/mol. The highest BCUT2D eigenvalue weighted by Gasteiger charge is 2.14. The van der Waals surface area contributed by atoms with E-state index in [2.05, 4.69) is 4.98 Å². The number of fused-ring (bicyclic) bond motifs is 1. The first kappa shape index (κ1) is 16.1. The molecule has 3 rings (SSSR count). The molecule has 0 aliphatic rings. The molecule has 1 aromatic carbocycles. The molecule has 1 N–H and O–H groups in total. The molecule has 0 fully saturated rings. The molecule has 0 bridgehead atoms. The van der Waals surface area contributed by atoms with Crippen molar-refractivity contribution >= 4 is 29.0 Å². The van der Waals surface area contributed by atoms with Gasteiger partial charge >= 0.3 is 0 Å². The second-order valence-corrected chi connectivity index (χ2v) is 4.85. The first-order valence-electron chi connectivity index (χ1n) is 6.88. The van der Waals surface area contributed by atoms with Gasteiger partial charge in [0.1, 0.15) is 5.75 Å². The van der Waals surface area contributed by atoms with E-state index < -0.39 is 0 Å². The molecule has 0 amide bonds. The number of benzene rings is 1. The average molecular weight is 322 g/mol. The summed E-state index contributed by atoms with van der Waals surface area (Å²) in [7, 11) is 0. The van der Waals surface area contributed by atoms with Crippen LogP contribution in [0.1, 0.15) is 13.3 Å². The van der Waals surface area contributed by atoms with Gasteiger partial charge in [0.25, 0.3) is 0 Å². The number of phenolic OH excluding ortho intramolecular Hbond substituents is 1. The van der Waals surface area contributed by atoms with Crippen molar-refractivity contribution in [3.63, 3.8) is 0 Å². The Hall–Kier alpha value is -2.27. The van der Waals surface area contributed by atoms with Gasteiger partial charge in [-0.05, 0) is 36.8 Å². The number of pyridine rings is 1. The van der Waals surface area contributed by atoms with E-state index in [1.165, 1.54) is 6.20 Å². The van der Waals surface area contributed by atoms with Gasteiger partial charge in [-0.1, -0.05) is 6.92 Å². The van der Waals surface area contributed by atoms with E-state index in [9.17, 15) is 9.50 Å². The maximum absolute atomic E-state index is 14.1. The minimum atomic E-state index is -0.355. The highest BCUT2D eigenvalue weighted by atomic mass is 35.5. The second kappa shape index (κ2) is 6.66. The first-order chi connectivity index (χ1) is 10.2. The van der Waals surface area contributed by atoms with Crippen molar-refractivity contribution < 1.29 is 9.50 Å². The SMILES string of the molecule is CCCN(c1ccncc1F)n1ccc2cc(O)ccc21.Cl. The van der Waals surface area contributed by atoms with Crippen LogP contribution in [-0.2, 0) is 0 Å². The lowest BCUT2D eigenvalue weighted by Crippen LogP contribution is -2.30. The lowest BCUT2D eigenvalue weighted by atomic mass is 10.2. The summed E-state index contributed by atoms with van der Waals surface area (Å²) in [6.07, 6.45) is 5.55. The Labute approximate surface area is 134 Å². The maximum Gasteiger partial charge on any atom is 0.166 e. The number of hydrogen-bond donors (Lipinski definition) is 1. The summed E-state index contributed by atoms with van der Waals surface area (Å²) in [6.45, 7) is 2.72. The number of rotatable bonds is 4. The number of nitrogens with zero attached hydrogens (tertiary/aromatic N) is 3. The molecule has 0 saturated carbocycles. The molecule has 116 valence electrons. The Morgan fingerprint density at radius 3 is 2.82 bits per heavy atom. The van der Waals surface area contributed by atoms with Crippen LogP contribution in [0.4, 0.5) is 10.1 Å². The van der Waals surface area contributed by atoms with Crippen LogP contribution < -0.4 is 5.01 Å². The van der Waals surface area contributed by atoms with E-state index >= 15 is 0 Å². The number of phenols is 1. The van der Waals surface area contributed by atoms with Gasteiger partial charge < -0.3 is 5.11 Å². The van der Waals surface area contributed by atoms with Crippen molar-refractivity contribution in [2.75, 3.05) is 11.6 Å². The summed E-state index contributed by atoms with van der Waals surface area (Å²) < 4.78 is 16.0. The highest BCUT2D eigenvalue weighted by Crippen LogP contribution is 2.25. The van der Waals surface area contributed by atoms with Gasteiger partial charge in [0, 0.05) is 24.3 Å². The minimum absolute atomic E-state index is 0. The third-order valence-electron chi connectivity index (χ3n) is 3.38. The van der Waals surface area contributed by atoms with E-state index in [-0.39, 0.29) is 24.0 Å². The number of aromatic hydroxyl groups is 1. The van der Waals surface area contributed by atoms with Gasteiger partial charge in [-0.15, -0.1) is 12.4 Å². The van der Waals surface area contributed by atoms with Gasteiger partial charge in [0.2, 0.25) is 0 Å². The molecule has 6 heteroatoms. The quantitative estimate of drug-likeness (QED) is 0.790. The largest absolute Gasteiger partial charge is 0.508 e. The molecule has 0 aliphatic heterocycles.